The monoisotopic (exact) mass is 413 g/mol. The summed E-state index contributed by atoms with van der Waals surface area (Å²) in [7, 11) is 0. The van der Waals surface area contributed by atoms with Crippen LogP contribution in [0.25, 0.3) is 10.9 Å². The van der Waals surface area contributed by atoms with Gasteiger partial charge in [0.05, 0.1) is 5.69 Å². The fourth-order valence-electron chi connectivity index (χ4n) is 5.86. The first-order chi connectivity index (χ1) is 15.2. The summed E-state index contributed by atoms with van der Waals surface area (Å²) in [6.45, 7) is 4.03. The number of nitriles is 1. The van der Waals surface area contributed by atoms with Gasteiger partial charge in [0, 0.05) is 24.0 Å². The predicted octanol–water partition coefficient (Wildman–Crippen LogP) is 6.07. The van der Waals surface area contributed by atoms with E-state index in [0.717, 1.165) is 37.2 Å². The van der Waals surface area contributed by atoms with Gasteiger partial charge in [-0.2, -0.15) is 5.26 Å². The van der Waals surface area contributed by atoms with Gasteiger partial charge in [0.15, 0.2) is 6.19 Å². The molecule has 2 aromatic carbocycles. The van der Waals surface area contributed by atoms with Crippen molar-refractivity contribution in [3.05, 3.63) is 65.9 Å². The minimum atomic E-state index is -0.00788. The molecule has 5 rings (SSSR count). The number of aromatic amines is 1. The van der Waals surface area contributed by atoms with Gasteiger partial charge in [-0.3, -0.25) is 0 Å². The van der Waals surface area contributed by atoms with Crippen LogP contribution in [0.4, 0.5) is 0 Å². The standard InChI is InChI=1S/C27H31N3O/c1-19-8-7-9-20-17-30(18-28)15-14-23-22-12-5-6-13-25(22)29-27(23)26(16-24(19)20)31-21-10-3-2-4-11-21/h2-6,10-13,19-20,24,26,29H,7-9,14-17H2,1H3/t19-,20-,24+,26+/m0/s1. The minimum Gasteiger partial charge on any atom is -0.484 e. The summed E-state index contributed by atoms with van der Waals surface area (Å²) in [5.74, 6) is 2.67. The van der Waals surface area contributed by atoms with Crippen molar-refractivity contribution in [2.45, 2.75) is 45.1 Å². The Hall–Kier alpha value is -2.93. The normalized spacial score (nSPS) is 26.5. The van der Waals surface area contributed by atoms with Gasteiger partial charge in [0.25, 0.3) is 0 Å². The zero-order valence-electron chi connectivity index (χ0n) is 18.3. The molecule has 160 valence electrons. The molecule has 0 radical (unpaired) electrons. The maximum absolute atomic E-state index is 9.83. The molecule has 3 aromatic rings. The first-order valence-electron chi connectivity index (χ1n) is 11.7. The van der Waals surface area contributed by atoms with Crippen molar-refractivity contribution in [3.63, 3.8) is 0 Å². The number of fused-ring (bicyclic) bond motifs is 4. The maximum atomic E-state index is 9.83. The number of aromatic nitrogens is 1. The summed E-state index contributed by atoms with van der Waals surface area (Å²) < 4.78 is 6.68. The fraction of sp³-hybridized carbons (Fsp3) is 0.444. The molecule has 0 unspecified atom stereocenters. The summed E-state index contributed by atoms with van der Waals surface area (Å²) in [6.07, 6.45) is 8.07. The van der Waals surface area contributed by atoms with Crippen LogP contribution in [0.1, 0.15) is 50.0 Å². The topological polar surface area (TPSA) is 52.0 Å². The van der Waals surface area contributed by atoms with Gasteiger partial charge < -0.3 is 14.6 Å². The summed E-state index contributed by atoms with van der Waals surface area (Å²) >= 11 is 0. The van der Waals surface area contributed by atoms with Gasteiger partial charge in [0.1, 0.15) is 11.9 Å². The van der Waals surface area contributed by atoms with E-state index in [-0.39, 0.29) is 6.10 Å². The number of nitrogens with zero attached hydrogens (tertiary/aromatic N) is 2. The number of hydrogen-bond donors (Lipinski definition) is 1. The van der Waals surface area contributed by atoms with Crippen LogP contribution < -0.4 is 4.74 Å². The quantitative estimate of drug-likeness (QED) is 0.519. The van der Waals surface area contributed by atoms with Crippen molar-refractivity contribution in [2.24, 2.45) is 17.8 Å². The number of ether oxygens (including phenoxy) is 1. The highest BCUT2D eigenvalue weighted by Crippen LogP contribution is 2.43. The third-order valence-electron chi connectivity index (χ3n) is 7.48. The zero-order chi connectivity index (χ0) is 21.2. The lowest BCUT2D eigenvalue weighted by molar-refractivity contribution is 0.0717. The molecule has 31 heavy (non-hydrogen) atoms. The second kappa shape index (κ2) is 8.67. The second-order valence-electron chi connectivity index (χ2n) is 9.35. The van der Waals surface area contributed by atoms with E-state index in [1.807, 2.05) is 23.1 Å². The van der Waals surface area contributed by atoms with Crippen LogP contribution in [-0.4, -0.2) is 23.0 Å². The van der Waals surface area contributed by atoms with Gasteiger partial charge in [-0.25, -0.2) is 0 Å². The number of H-pyrrole nitrogens is 1. The molecule has 0 bridgehead atoms. The summed E-state index contributed by atoms with van der Waals surface area (Å²) in [5.41, 5.74) is 3.66. The zero-order valence-corrected chi connectivity index (χ0v) is 18.3. The molecule has 1 fully saturated rings. The first kappa shape index (κ1) is 20.0. The SMILES string of the molecule is C[C@H]1CCC[C@H]2CN(C#N)CCc3c([nH]c4ccccc34)[C@H](Oc3ccccc3)C[C@@H]21. The van der Waals surface area contributed by atoms with Crippen LogP contribution in [0.15, 0.2) is 54.6 Å². The predicted molar refractivity (Wildman–Crippen MR) is 124 cm³/mol. The average molecular weight is 414 g/mol. The Morgan fingerprint density at radius 2 is 1.87 bits per heavy atom. The Morgan fingerprint density at radius 3 is 2.71 bits per heavy atom. The minimum absolute atomic E-state index is 0.00788. The van der Waals surface area contributed by atoms with Gasteiger partial charge in [-0.05, 0) is 60.8 Å². The maximum Gasteiger partial charge on any atom is 0.179 e. The molecule has 1 aromatic heterocycles. The molecule has 1 aliphatic heterocycles. The largest absolute Gasteiger partial charge is 0.484 e. The lowest BCUT2D eigenvalue weighted by atomic mass is 9.69. The molecule has 1 saturated carbocycles. The lowest BCUT2D eigenvalue weighted by Crippen LogP contribution is -2.38. The average Bonchev–Trinajstić information content (AvgIpc) is 3.17. The highest BCUT2D eigenvalue weighted by Gasteiger charge is 2.36. The van der Waals surface area contributed by atoms with E-state index in [2.05, 4.69) is 54.5 Å². The molecule has 0 spiro atoms. The lowest BCUT2D eigenvalue weighted by Gasteiger charge is -2.40. The van der Waals surface area contributed by atoms with Gasteiger partial charge >= 0.3 is 0 Å². The van der Waals surface area contributed by atoms with Crippen LogP contribution >= 0.6 is 0 Å². The van der Waals surface area contributed by atoms with Crippen LogP contribution in [0, 0.1) is 29.2 Å². The Kier molecular flexibility index (Phi) is 5.59. The molecule has 0 saturated heterocycles. The van der Waals surface area contributed by atoms with E-state index in [9.17, 15) is 5.26 Å². The molecular weight excluding hydrogens is 382 g/mol. The summed E-state index contributed by atoms with van der Waals surface area (Å²) in [4.78, 5) is 5.72. The van der Waals surface area contributed by atoms with Crippen molar-refractivity contribution < 1.29 is 4.74 Å². The van der Waals surface area contributed by atoms with Gasteiger partial charge in [0.2, 0.25) is 0 Å². The Morgan fingerprint density at radius 1 is 1.06 bits per heavy atom. The highest BCUT2D eigenvalue weighted by molar-refractivity contribution is 5.84. The van der Waals surface area contributed by atoms with E-state index in [1.54, 1.807) is 0 Å². The van der Waals surface area contributed by atoms with Crippen LogP contribution in [0.2, 0.25) is 0 Å². The van der Waals surface area contributed by atoms with Crippen molar-refractivity contribution in [3.8, 4) is 11.9 Å². The Bertz CT molecular complexity index is 1070. The van der Waals surface area contributed by atoms with E-state index >= 15 is 0 Å². The van der Waals surface area contributed by atoms with Crippen molar-refractivity contribution in [1.29, 1.82) is 5.26 Å². The smallest absolute Gasteiger partial charge is 0.179 e. The van der Waals surface area contributed by atoms with Crippen molar-refractivity contribution in [2.75, 3.05) is 13.1 Å². The molecule has 1 N–H and O–H groups in total. The molecule has 0 amide bonds. The Labute approximate surface area is 184 Å². The number of para-hydroxylation sites is 2. The van der Waals surface area contributed by atoms with E-state index in [4.69, 9.17) is 4.74 Å². The van der Waals surface area contributed by atoms with Crippen LogP contribution in [-0.2, 0) is 6.42 Å². The summed E-state index contributed by atoms with van der Waals surface area (Å²) in [5, 5.41) is 11.1. The number of hydrogen-bond acceptors (Lipinski definition) is 3. The van der Waals surface area contributed by atoms with Crippen LogP contribution in [0.5, 0.6) is 5.75 Å². The molecule has 2 heterocycles. The third kappa shape index (κ3) is 4.02. The van der Waals surface area contributed by atoms with Gasteiger partial charge in [-0.1, -0.05) is 56.2 Å². The van der Waals surface area contributed by atoms with E-state index in [1.165, 1.54) is 35.9 Å². The van der Waals surface area contributed by atoms with Crippen LogP contribution in [0.3, 0.4) is 0 Å². The van der Waals surface area contributed by atoms with E-state index < -0.39 is 0 Å². The number of nitrogens with one attached hydrogen (secondary N) is 1. The second-order valence-corrected chi connectivity index (χ2v) is 9.35. The molecule has 4 nitrogen and oxygen atoms in total. The van der Waals surface area contributed by atoms with Crippen molar-refractivity contribution >= 4 is 10.9 Å². The van der Waals surface area contributed by atoms with Crippen molar-refractivity contribution in [1.82, 2.24) is 9.88 Å². The number of rotatable bonds is 2. The third-order valence-corrected chi connectivity index (χ3v) is 7.48. The molecule has 1 aliphatic carbocycles. The molecule has 4 atom stereocenters. The molecule has 2 aliphatic rings. The number of benzene rings is 2. The fourth-order valence-corrected chi connectivity index (χ4v) is 5.86. The Balaban J connectivity index is 1.61. The summed E-state index contributed by atoms with van der Waals surface area (Å²) in [6, 6.07) is 18.7. The van der Waals surface area contributed by atoms with E-state index in [0.29, 0.717) is 17.8 Å². The molecule has 4 heteroatoms. The highest BCUT2D eigenvalue weighted by atomic mass is 16.5. The van der Waals surface area contributed by atoms with Gasteiger partial charge in [-0.15, -0.1) is 0 Å². The first-order valence-corrected chi connectivity index (χ1v) is 11.7. The molecular formula is C27H31N3O.